The van der Waals surface area contributed by atoms with E-state index in [-0.39, 0.29) is 12.1 Å². The fourth-order valence-electron chi connectivity index (χ4n) is 5.49. The second-order valence-electron chi connectivity index (χ2n) is 9.40. The SMILES string of the molecule is Cc1cc([C@H]2[C@@H](c3ccccn3)NC(=S)N2c2ccc(N3CCOCC3)cc2)c(C)n1C(C)C. The van der Waals surface area contributed by atoms with Crippen molar-refractivity contribution in [2.45, 2.75) is 45.8 Å². The number of aromatic nitrogens is 2. The number of anilines is 2. The van der Waals surface area contributed by atoms with Crippen molar-refractivity contribution in [3.8, 4) is 0 Å². The Kier molecular flexibility index (Phi) is 6.32. The van der Waals surface area contributed by atoms with E-state index in [4.69, 9.17) is 21.9 Å². The van der Waals surface area contributed by atoms with Gasteiger partial charge in [-0.1, -0.05) is 6.07 Å². The van der Waals surface area contributed by atoms with Crippen LogP contribution in [0.3, 0.4) is 0 Å². The third-order valence-electron chi connectivity index (χ3n) is 6.96. The topological polar surface area (TPSA) is 45.6 Å². The van der Waals surface area contributed by atoms with Gasteiger partial charge in [0.25, 0.3) is 0 Å². The lowest BCUT2D eigenvalue weighted by atomic mass is 9.96. The fourth-order valence-corrected chi connectivity index (χ4v) is 5.84. The van der Waals surface area contributed by atoms with E-state index in [1.54, 1.807) is 0 Å². The number of ether oxygens (including phenoxy) is 1. The standard InChI is InChI=1S/C27H33N5OS/c1-18(2)31-19(3)17-23(20(31)4)26-25(24-7-5-6-12-28-24)29-27(34)32(26)22-10-8-21(9-11-22)30-13-15-33-16-14-30/h5-12,17-18,25-26H,13-16H2,1-4H3,(H,29,34)/t25-,26+/m1/s1. The molecule has 34 heavy (non-hydrogen) atoms. The fraction of sp³-hybridized carbons (Fsp3) is 0.407. The number of rotatable bonds is 5. The summed E-state index contributed by atoms with van der Waals surface area (Å²) in [4.78, 5) is 9.34. The average molecular weight is 476 g/mol. The predicted molar refractivity (Wildman–Crippen MR) is 142 cm³/mol. The van der Waals surface area contributed by atoms with E-state index in [1.165, 1.54) is 22.6 Å². The summed E-state index contributed by atoms with van der Waals surface area (Å²) >= 11 is 5.92. The van der Waals surface area contributed by atoms with Crippen molar-refractivity contribution in [2.75, 3.05) is 36.1 Å². The summed E-state index contributed by atoms with van der Waals surface area (Å²) in [5, 5.41) is 4.32. The van der Waals surface area contributed by atoms with Crippen LogP contribution in [-0.2, 0) is 4.74 Å². The Balaban J connectivity index is 1.56. The van der Waals surface area contributed by atoms with E-state index in [0.29, 0.717) is 6.04 Å². The van der Waals surface area contributed by atoms with Gasteiger partial charge >= 0.3 is 0 Å². The van der Waals surface area contributed by atoms with Gasteiger partial charge in [-0.3, -0.25) is 4.98 Å². The van der Waals surface area contributed by atoms with Crippen LogP contribution in [0.5, 0.6) is 0 Å². The van der Waals surface area contributed by atoms with Gasteiger partial charge in [0.15, 0.2) is 5.11 Å². The van der Waals surface area contributed by atoms with E-state index in [1.807, 2.05) is 18.3 Å². The zero-order valence-electron chi connectivity index (χ0n) is 20.4. The first kappa shape index (κ1) is 22.9. The van der Waals surface area contributed by atoms with Gasteiger partial charge in [-0.05, 0) is 87.9 Å². The number of hydrogen-bond acceptors (Lipinski definition) is 4. The molecule has 0 bridgehead atoms. The van der Waals surface area contributed by atoms with Crippen LogP contribution < -0.4 is 15.1 Å². The van der Waals surface area contributed by atoms with Crippen LogP contribution in [0.4, 0.5) is 11.4 Å². The lowest BCUT2D eigenvalue weighted by Crippen LogP contribution is -2.36. The van der Waals surface area contributed by atoms with Crippen molar-refractivity contribution in [3.05, 3.63) is 77.4 Å². The molecule has 178 valence electrons. The highest BCUT2D eigenvalue weighted by molar-refractivity contribution is 7.80. The van der Waals surface area contributed by atoms with Gasteiger partial charge in [0.05, 0.1) is 31.0 Å². The lowest BCUT2D eigenvalue weighted by Gasteiger charge is -2.31. The highest BCUT2D eigenvalue weighted by Gasteiger charge is 2.42. The molecule has 0 spiro atoms. The summed E-state index contributed by atoms with van der Waals surface area (Å²) in [6, 6.07) is 17.6. The van der Waals surface area contributed by atoms with E-state index < -0.39 is 0 Å². The van der Waals surface area contributed by atoms with Gasteiger partial charge in [-0.2, -0.15) is 0 Å². The summed E-state index contributed by atoms with van der Waals surface area (Å²) in [5.41, 5.74) is 7.14. The summed E-state index contributed by atoms with van der Waals surface area (Å²) in [6.07, 6.45) is 1.86. The molecule has 4 heterocycles. The summed E-state index contributed by atoms with van der Waals surface area (Å²) in [6.45, 7) is 12.3. The third kappa shape index (κ3) is 4.07. The van der Waals surface area contributed by atoms with E-state index in [0.717, 1.165) is 42.8 Å². The first-order chi connectivity index (χ1) is 16.5. The van der Waals surface area contributed by atoms with Crippen molar-refractivity contribution < 1.29 is 4.74 Å². The predicted octanol–water partition coefficient (Wildman–Crippen LogP) is 5.09. The second kappa shape index (κ2) is 9.39. The molecule has 5 rings (SSSR count). The molecule has 6 nitrogen and oxygen atoms in total. The highest BCUT2D eigenvalue weighted by Crippen LogP contribution is 2.44. The Morgan fingerprint density at radius 1 is 1.03 bits per heavy atom. The number of pyridine rings is 1. The molecule has 7 heteroatoms. The van der Waals surface area contributed by atoms with Gasteiger partial charge in [0.1, 0.15) is 0 Å². The zero-order valence-corrected chi connectivity index (χ0v) is 21.2. The van der Waals surface area contributed by atoms with Crippen LogP contribution in [0.2, 0.25) is 0 Å². The van der Waals surface area contributed by atoms with Gasteiger partial charge in [-0.25, -0.2) is 0 Å². The van der Waals surface area contributed by atoms with Crippen molar-refractivity contribution >= 4 is 28.7 Å². The largest absolute Gasteiger partial charge is 0.378 e. The molecule has 1 aromatic carbocycles. The molecule has 2 saturated heterocycles. The van der Waals surface area contributed by atoms with Gasteiger partial charge in [-0.15, -0.1) is 0 Å². The molecular formula is C27H33N5OS. The molecule has 3 aromatic rings. The normalized spacial score (nSPS) is 20.8. The summed E-state index contributed by atoms with van der Waals surface area (Å²) in [7, 11) is 0. The molecule has 0 radical (unpaired) electrons. The second-order valence-corrected chi connectivity index (χ2v) is 9.79. The molecule has 1 N–H and O–H groups in total. The van der Waals surface area contributed by atoms with Crippen molar-refractivity contribution in [2.24, 2.45) is 0 Å². The monoisotopic (exact) mass is 475 g/mol. The maximum absolute atomic E-state index is 5.92. The van der Waals surface area contributed by atoms with Gasteiger partial charge in [0.2, 0.25) is 0 Å². The number of benzene rings is 1. The minimum absolute atomic E-state index is 0.00957. The van der Waals surface area contributed by atoms with E-state index in [2.05, 4.69) is 83.8 Å². The molecule has 0 aliphatic carbocycles. The minimum Gasteiger partial charge on any atom is -0.378 e. The number of nitrogens with zero attached hydrogens (tertiary/aromatic N) is 4. The molecule has 2 fully saturated rings. The third-order valence-corrected chi connectivity index (χ3v) is 7.28. The molecule has 0 unspecified atom stereocenters. The van der Waals surface area contributed by atoms with Crippen molar-refractivity contribution in [1.82, 2.24) is 14.9 Å². The lowest BCUT2D eigenvalue weighted by molar-refractivity contribution is 0.122. The van der Waals surface area contributed by atoms with Gasteiger partial charge < -0.3 is 24.4 Å². The Morgan fingerprint density at radius 2 is 1.74 bits per heavy atom. The Hall–Kier alpha value is -2.90. The van der Waals surface area contributed by atoms with Crippen LogP contribution in [0.15, 0.2) is 54.7 Å². The Morgan fingerprint density at radius 3 is 2.35 bits per heavy atom. The number of hydrogen-bond donors (Lipinski definition) is 1. The van der Waals surface area contributed by atoms with Crippen LogP contribution in [-0.4, -0.2) is 41.0 Å². The number of aryl methyl sites for hydroxylation is 1. The number of thiocarbonyl (C=S) groups is 1. The maximum atomic E-state index is 5.92. The minimum atomic E-state index is -0.0336. The molecule has 0 amide bonds. The quantitative estimate of drug-likeness (QED) is 0.519. The molecule has 2 aromatic heterocycles. The molecular weight excluding hydrogens is 442 g/mol. The smallest absolute Gasteiger partial charge is 0.174 e. The Bertz CT molecular complexity index is 1150. The first-order valence-electron chi connectivity index (χ1n) is 12.1. The van der Waals surface area contributed by atoms with Crippen LogP contribution in [0.1, 0.15) is 54.6 Å². The van der Waals surface area contributed by atoms with Crippen LogP contribution in [0.25, 0.3) is 0 Å². The summed E-state index contributed by atoms with van der Waals surface area (Å²) < 4.78 is 7.92. The van der Waals surface area contributed by atoms with E-state index in [9.17, 15) is 0 Å². The number of morpholine rings is 1. The van der Waals surface area contributed by atoms with Gasteiger partial charge in [0, 0.05) is 48.1 Å². The van der Waals surface area contributed by atoms with E-state index >= 15 is 0 Å². The van der Waals surface area contributed by atoms with Crippen LogP contribution in [0, 0.1) is 13.8 Å². The highest BCUT2D eigenvalue weighted by atomic mass is 32.1. The zero-order chi connectivity index (χ0) is 23.8. The molecule has 2 atom stereocenters. The van der Waals surface area contributed by atoms with Crippen molar-refractivity contribution in [1.29, 1.82) is 0 Å². The molecule has 2 aliphatic rings. The first-order valence-corrected chi connectivity index (χ1v) is 12.5. The van der Waals surface area contributed by atoms with Crippen molar-refractivity contribution in [3.63, 3.8) is 0 Å². The average Bonchev–Trinajstić information content (AvgIpc) is 3.35. The molecule has 0 saturated carbocycles. The number of nitrogens with one attached hydrogen (secondary N) is 1. The summed E-state index contributed by atoms with van der Waals surface area (Å²) in [5.74, 6) is 0. The Labute approximate surface area is 207 Å². The van der Waals surface area contributed by atoms with Crippen LogP contribution >= 0.6 is 12.2 Å². The maximum Gasteiger partial charge on any atom is 0.174 e. The molecule has 2 aliphatic heterocycles.